The minimum atomic E-state index is -0.398. The molecule has 35 heavy (non-hydrogen) atoms. The maximum Gasteiger partial charge on any atom is 0.289 e. The minimum Gasteiger partial charge on any atom is -0.496 e. The summed E-state index contributed by atoms with van der Waals surface area (Å²) in [7, 11) is 1.50. The molecule has 0 saturated carbocycles. The maximum absolute atomic E-state index is 12.6. The summed E-state index contributed by atoms with van der Waals surface area (Å²) in [5, 5.41) is 6.30. The van der Waals surface area contributed by atoms with E-state index in [2.05, 4.69) is 31.5 Å². The summed E-state index contributed by atoms with van der Waals surface area (Å²) in [4.78, 5) is 29.0. The highest BCUT2D eigenvalue weighted by molar-refractivity contribution is 9.10. The number of nitrogens with one attached hydrogen (secondary N) is 2. The molecule has 1 saturated heterocycles. The number of ether oxygens (including phenoxy) is 1. The maximum atomic E-state index is 12.6. The Balaban J connectivity index is 1.34. The van der Waals surface area contributed by atoms with Gasteiger partial charge in [0.05, 0.1) is 29.6 Å². The van der Waals surface area contributed by atoms with Gasteiger partial charge in [0.2, 0.25) is 0 Å². The Morgan fingerprint density at radius 2 is 1.89 bits per heavy atom. The lowest BCUT2D eigenvalue weighted by Gasteiger charge is -2.36. The first-order valence-corrected chi connectivity index (χ1v) is 12.3. The van der Waals surface area contributed by atoms with Gasteiger partial charge in [-0.05, 0) is 60.7 Å². The molecular weight excluding hydrogens is 556 g/mol. The van der Waals surface area contributed by atoms with Crippen molar-refractivity contribution in [3.05, 3.63) is 75.6 Å². The number of thiocarbonyl (C=S) groups is 1. The summed E-state index contributed by atoms with van der Waals surface area (Å²) in [5.74, 6) is 0.266. The van der Waals surface area contributed by atoms with E-state index >= 15 is 0 Å². The fourth-order valence-electron chi connectivity index (χ4n) is 3.74. The van der Waals surface area contributed by atoms with Gasteiger partial charge in [0.1, 0.15) is 5.75 Å². The molecule has 2 heterocycles. The zero-order chi connectivity index (χ0) is 24.9. The average molecular weight is 578 g/mol. The highest BCUT2D eigenvalue weighted by Crippen LogP contribution is 2.30. The third-order valence-corrected chi connectivity index (χ3v) is 6.48. The van der Waals surface area contributed by atoms with Gasteiger partial charge in [-0.2, -0.15) is 0 Å². The normalized spacial score (nSPS) is 13.3. The molecule has 2 amide bonds. The van der Waals surface area contributed by atoms with E-state index < -0.39 is 5.91 Å². The van der Waals surface area contributed by atoms with E-state index in [1.807, 2.05) is 12.1 Å². The molecular formula is C24H22BrClN4O4S. The molecule has 0 unspecified atom stereocenters. The van der Waals surface area contributed by atoms with Crippen LogP contribution in [0, 0.1) is 0 Å². The van der Waals surface area contributed by atoms with E-state index in [9.17, 15) is 9.59 Å². The number of benzene rings is 2. The number of piperazine rings is 1. The molecule has 1 aliphatic heterocycles. The van der Waals surface area contributed by atoms with Crippen LogP contribution in [0.5, 0.6) is 5.75 Å². The SMILES string of the molecule is COc1ccc(Br)cc1C(=O)NC(=S)Nc1ccc(N2CCN(C(=O)c3ccco3)CC2)c(Cl)c1. The van der Waals surface area contributed by atoms with Crippen LogP contribution in [0.1, 0.15) is 20.9 Å². The quantitative estimate of drug-likeness (QED) is 0.422. The predicted molar refractivity (Wildman–Crippen MR) is 143 cm³/mol. The Morgan fingerprint density at radius 3 is 2.54 bits per heavy atom. The van der Waals surface area contributed by atoms with E-state index in [-0.39, 0.29) is 11.0 Å². The van der Waals surface area contributed by atoms with Gasteiger partial charge in [-0.1, -0.05) is 27.5 Å². The van der Waals surface area contributed by atoms with Crippen LogP contribution in [-0.2, 0) is 0 Å². The summed E-state index contributed by atoms with van der Waals surface area (Å²) < 4.78 is 11.2. The van der Waals surface area contributed by atoms with Crippen molar-refractivity contribution < 1.29 is 18.7 Å². The number of hydrogen-bond acceptors (Lipinski definition) is 6. The van der Waals surface area contributed by atoms with Gasteiger partial charge in [-0.15, -0.1) is 0 Å². The summed E-state index contributed by atoms with van der Waals surface area (Å²) in [6.07, 6.45) is 1.49. The van der Waals surface area contributed by atoms with Crippen molar-refractivity contribution in [2.75, 3.05) is 43.5 Å². The fourth-order valence-corrected chi connectivity index (χ4v) is 4.61. The van der Waals surface area contributed by atoms with E-state index in [1.165, 1.54) is 13.4 Å². The summed E-state index contributed by atoms with van der Waals surface area (Å²) >= 11 is 15.2. The molecule has 1 fully saturated rings. The number of furan rings is 1. The van der Waals surface area contributed by atoms with Gasteiger partial charge in [0.15, 0.2) is 10.9 Å². The Bertz CT molecular complexity index is 1250. The van der Waals surface area contributed by atoms with Gasteiger partial charge in [-0.25, -0.2) is 0 Å². The molecule has 11 heteroatoms. The third kappa shape index (κ3) is 5.95. The van der Waals surface area contributed by atoms with Gasteiger partial charge >= 0.3 is 0 Å². The number of halogens is 2. The second kappa shape index (κ2) is 11.1. The number of carbonyl (C=O) groups excluding carboxylic acids is 2. The first-order chi connectivity index (χ1) is 16.9. The van der Waals surface area contributed by atoms with E-state index in [4.69, 9.17) is 33.0 Å². The van der Waals surface area contributed by atoms with Crippen molar-refractivity contribution in [1.82, 2.24) is 10.2 Å². The number of amides is 2. The van der Waals surface area contributed by atoms with Crippen molar-refractivity contribution >= 4 is 68.1 Å². The topological polar surface area (TPSA) is 87.0 Å². The molecule has 4 rings (SSSR count). The minimum absolute atomic E-state index is 0.115. The second-order valence-corrected chi connectivity index (χ2v) is 9.41. The van der Waals surface area contributed by atoms with Gasteiger partial charge in [-0.3, -0.25) is 14.9 Å². The number of methoxy groups -OCH3 is 1. The largest absolute Gasteiger partial charge is 0.496 e. The number of hydrogen-bond donors (Lipinski definition) is 2. The van der Waals surface area contributed by atoms with Crippen LogP contribution in [0.3, 0.4) is 0 Å². The summed E-state index contributed by atoms with van der Waals surface area (Å²) in [6.45, 7) is 2.40. The molecule has 0 radical (unpaired) electrons. The standard InChI is InChI=1S/C24H22BrClN4O4S/c1-33-20-7-4-15(25)13-17(20)22(31)28-24(35)27-16-5-6-19(18(26)14-16)29-8-10-30(11-9-29)23(32)21-3-2-12-34-21/h2-7,12-14H,8-11H2,1H3,(H2,27,28,31,35). The van der Waals surface area contributed by atoms with Gasteiger partial charge in [0.25, 0.3) is 11.8 Å². The average Bonchev–Trinajstić information content (AvgIpc) is 3.39. The van der Waals surface area contributed by atoms with Crippen LogP contribution in [0.4, 0.5) is 11.4 Å². The predicted octanol–water partition coefficient (Wildman–Crippen LogP) is 4.79. The molecule has 1 aromatic heterocycles. The van der Waals surface area contributed by atoms with Crippen molar-refractivity contribution in [2.45, 2.75) is 0 Å². The molecule has 0 aliphatic carbocycles. The second-order valence-electron chi connectivity index (χ2n) is 7.68. The lowest BCUT2D eigenvalue weighted by Crippen LogP contribution is -2.48. The lowest BCUT2D eigenvalue weighted by molar-refractivity contribution is 0.0714. The summed E-state index contributed by atoms with van der Waals surface area (Å²) in [6, 6.07) is 14.0. The Labute approximate surface area is 221 Å². The number of anilines is 2. The molecule has 0 bridgehead atoms. The molecule has 2 aromatic carbocycles. The van der Waals surface area contributed by atoms with Crippen LogP contribution in [0.2, 0.25) is 5.02 Å². The monoisotopic (exact) mass is 576 g/mol. The van der Waals surface area contributed by atoms with Crippen molar-refractivity contribution in [1.29, 1.82) is 0 Å². The number of carbonyl (C=O) groups is 2. The first-order valence-electron chi connectivity index (χ1n) is 10.7. The highest BCUT2D eigenvalue weighted by Gasteiger charge is 2.25. The molecule has 3 aromatic rings. The lowest BCUT2D eigenvalue weighted by atomic mass is 10.2. The van der Waals surface area contributed by atoms with E-state index in [0.29, 0.717) is 54.0 Å². The molecule has 182 valence electrons. The Morgan fingerprint density at radius 1 is 1.11 bits per heavy atom. The fraction of sp³-hybridized carbons (Fsp3) is 0.208. The first kappa shape index (κ1) is 25.0. The van der Waals surface area contributed by atoms with Crippen LogP contribution in [0.15, 0.2) is 63.7 Å². The molecule has 1 aliphatic rings. The van der Waals surface area contributed by atoms with Gasteiger partial charge in [0, 0.05) is 36.3 Å². The third-order valence-electron chi connectivity index (χ3n) is 5.48. The van der Waals surface area contributed by atoms with E-state index in [0.717, 1.165) is 10.2 Å². The number of nitrogens with zero attached hydrogens (tertiary/aromatic N) is 2. The molecule has 0 atom stereocenters. The highest BCUT2D eigenvalue weighted by atomic mass is 79.9. The van der Waals surface area contributed by atoms with Gasteiger partial charge < -0.3 is 24.3 Å². The summed E-state index contributed by atoms with van der Waals surface area (Å²) in [5.41, 5.74) is 1.84. The van der Waals surface area contributed by atoms with Crippen molar-refractivity contribution in [2.24, 2.45) is 0 Å². The van der Waals surface area contributed by atoms with E-state index in [1.54, 1.807) is 41.3 Å². The van der Waals surface area contributed by atoms with Crippen LogP contribution in [0.25, 0.3) is 0 Å². The Kier molecular flexibility index (Phi) is 7.94. The molecule has 2 N–H and O–H groups in total. The van der Waals surface area contributed by atoms with Crippen LogP contribution >= 0.6 is 39.7 Å². The smallest absolute Gasteiger partial charge is 0.289 e. The van der Waals surface area contributed by atoms with Crippen molar-refractivity contribution in [3.8, 4) is 5.75 Å². The van der Waals surface area contributed by atoms with Crippen LogP contribution < -0.4 is 20.3 Å². The molecule has 8 nitrogen and oxygen atoms in total. The Hall–Kier alpha value is -3.08. The molecule has 0 spiro atoms. The van der Waals surface area contributed by atoms with Crippen molar-refractivity contribution in [3.63, 3.8) is 0 Å². The van der Waals surface area contributed by atoms with Crippen LogP contribution in [-0.4, -0.2) is 55.1 Å². The zero-order valence-corrected chi connectivity index (χ0v) is 21.9. The zero-order valence-electron chi connectivity index (χ0n) is 18.7. The number of rotatable bonds is 5.